The molecule has 1 aromatic carbocycles. The Morgan fingerprint density at radius 2 is 2.05 bits per heavy atom. The number of rotatable bonds is 8. The molecule has 0 bridgehead atoms. The minimum atomic E-state index is -0.973. The maximum atomic E-state index is 13.5. The molecule has 9 nitrogen and oxygen atoms in total. The van der Waals surface area contributed by atoms with Crippen LogP contribution in [0.5, 0.6) is 11.6 Å². The highest BCUT2D eigenvalue weighted by Gasteiger charge is 2.41. The predicted octanol–water partition coefficient (Wildman–Crippen LogP) is 4.78. The topological polar surface area (TPSA) is 95.3 Å². The van der Waals surface area contributed by atoms with Crippen molar-refractivity contribution in [3.05, 3.63) is 59.1 Å². The van der Waals surface area contributed by atoms with E-state index in [0.29, 0.717) is 58.7 Å². The van der Waals surface area contributed by atoms with E-state index in [2.05, 4.69) is 21.9 Å². The van der Waals surface area contributed by atoms with Gasteiger partial charge < -0.3 is 18.9 Å². The maximum Gasteiger partial charge on any atom is 0.260 e. The van der Waals surface area contributed by atoms with Crippen LogP contribution >= 0.6 is 11.6 Å². The van der Waals surface area contributed by atoms with Gasteiger partial charge in [0.25, 0.3) is 5.91 Å². The molecule has 1 saturated carbocycles. The van der Waals surface area contributed by atoms with E-state index in [0.717, 1.165) is 24.1 Å². The predicted molar refractivity (Wildman–Crippen MR) is 144 cm³/mol. The van der Waals surface area contributed by atoms with Crippen molar-refractivity contribution in [1.29, 1.82) is 0 Å². The molecule has 1 saturated heterocycles. The normalized spacial score (nSPS) is 17.9. The number of nitrogens with zero attached hydrogens (tertiary/aromatic N) is 6. The second-order valence-corrected chi connectivity index (χ2v) is 10.8. The van der Waals surface area contributed by atoms with E-state index in [4.69, 9.17) is 26.1 Å². The number of likely N-dealkylation sites (tertiary alicyclic amines) is 1. The number of benzene rings is 1. The number of aryl methyl sites for hydroxylation is 1. The molecule has 0 N–H and O–H groups in total. The van der Waals surface area contributed by atoms with Crippen LogP contribution < -0.4 is 9.47 Å². The molecule has 0 radical (unpaired) electrons. The van der Waals surface area contributed by atoms with Gasteiger partial charge in [-0.2, -0.15) is 4.98 Å². The number of hydrogen-bond donors (Lipinski definition) is 0. The second kappa shape index (κ2) is 10.1. The van der Waals surface area contributed by atoms with Crippen molar-refractivity contribution in [2.75, 3.05) is 19.7 Å². The van der Waals surface area contributed by atoms with E-state index in [1.54, 1.807) is 24.4 Å². The van der Waals surface area contributed by atoms with Gasteiger partial charge in [-0.1, -0.05) is 11.6 Å². The molecule has 1 atom stereocenters. The highest BCUT2D eigenvalue weighted by atomic mass is 35.5. The molecular formula is C28H28ClFN6O3. The molecule has 6 rings (SSSR count). The van der Waals surface area contributed by atoms with E-state index in [-0.39, 0.29) is 24.7 Å². The zero-order chi connectivity index (χ0) is 27.1. The van der Waals surface area contributed by atoms with Gasteiger partial charge in [0.15, 0.2) is 17.8 Å². The summed E-state index contributed by atoms with van der Waals surface area (Å²) in [6.45, 7) is 4.81. The van der Waals surface area contributed by atoms with Gasteiger partial charge in [-0.05, 0) is 69.0 Å². The Morgan fingerprint density at radius 3 is 2.77 bits per heavy atom. The first-order chi connectivity index (χ1) is 18.8. The first-order valence-corrected chi connectivity index (χ1v) is 13.3. The Bertz CT molecular complexity index is 1560. The highest BCUT2D eigenvalue weighted by Crippen LogP contribution is 2.41. The lowest BCUT2D eigenvalue weighted by molar-refractivity contribution is -0.132. The fourth-order valence-corrected chi connectivity index (χ4v) is 4.91. The van der Waals surface area contributed by atoms with Gasteiger partial charge in [-0.3, -0.25) is 9.78 Å². The van der Waals surface area contributed by atoms with Crippen molar-refractivity contribution >= 4 is 28.7 Å². The Morgan fingerprint density at radius 1 is 1.21 bits per heavy atom. The maximum absolute atomic E-state index is 13.5. The fourth-order valence-electron chi connectivity index (χ4n) is 4.65. The first kappa shape index (κ1) is 25.5. The van der Waals surface area contributed by atoms with Gasteiger partial charge in [0.05, 0.1) is 23.8 Å². The van der Waals surface area contributed by atoms with Crippen molar-refractivity contribution in [3.63, 3.8) is 0 Å². The lowest BCUT2D eigenvalue weighted by atomic mass is 10.2. The minimum Gasteiger partial charge on any atom is -0.484 e. The summed E-state index contributed by atoms with van der Waals surface area (Å²) in [5.74, 6) is 1.20. The average Bonchev–Trinajstić information content (AvgIpc) is 3.29. The summed E-state index contributed by atoms with van der Waals surface area (Å²) in [7, 11) is 0. The van der Waals surface area contributed by atoms with Crippen LogP contribution in [-0.4, -0.2) is 66.8 Å². The largest absolute Gasteiger partial charge is 0.484 e. The van der Waals surface area contributed by atoms with E-state index < -0.39 is 6.17 Å². The molecule has 4 heterocycles. The SMILES string of the molecule is Cc1ccnc(Cn2c(-c3ccc(OCC(=O)N4CC[C@H](F)C4)cc3Cl)nc3c(OC4(C)CC4)ncnc32)c1. The highest BCUT2D eigenvalue weighted by molar-refractivity contribution is 6.33. The lowest BCUT2D eigenvalue weighted by Crippen LogP contribution is -2.33. The van der Waals surface area contributed by atoms with E-state index in [9.17, 15) is 9.18 Å². The molecule has 1 aliphatic carbocycles. The second-order valence-electron chi connectivity index (χ2n) is 10.4. The molecule has 3 aromatic heterocycles. The summed E-state index contributed by atoms with van der Waals surface area (Å²) in [6.07, 6.45) is 4.57. The number of pyridine rings is 1. The van der Waals surface area contributed by atoms with E-state index in [1.807, 2.05) is 23.6 Å². The van der Waals surface area contributed by atoms with Crippen LogP contribution in [0, 0.1) is 6.92 Å². The van der Waals surface area contributed by atoms with Crippen molar-refractivity contribution in [2.24, 2.45) is 0 Å². The van der Waals surface area contributed by atoms with Crippen LogP contribution in [-0.2, 0) is 11.3 Å². The number of aromatic nitrogens is 5. The van der Waals surface area contributed by atoms with Crippen molar-refractivity contribution in [2.45, 2.75) is 51.4 Å². The number of carbonyl (C=O) groups excluding carboxylic acids is 1. The Balaban J connectivity index is 1.33. The average molecular weight is 551 g/mol. The van der Waals surface area contributed by atoms with Crippen molar-refractivity contribution < 1.29 is 18.7 Å². The van der Waals surface area contributed by atoms with Crippen LogP contribution in [0.25, 0.3) is 22.6 Å². The van der Waals surface area contributed by atoms with Crippen LogP contribution in [0.2, 0.25) is 5.02 Å². The smallest absolute Gasteiger partial charge is 0.260 e. The molecule has 2 aliphatic rings. The van der Waals surface area contributed by atoms with Crippen LogP contribution in [0.1, 0.15) is 37.4 Å². The molecule has 1 amide bonds. The molecule has 39 heavy (non-hydrogen) atoms. The van der Waals surface area contributed by atoms with Gasteiger partial charge in [0, 0.05) is 18.3 Å². The van der Waals surface area contributed by atoms with Gasteiger partial charge in [0.1, 0.15) is 29.7 Å². The van der Waals surface area contributed by atoms with Gasteiger partial charge >= 0.3 is 0 Å². The van der Waals surface area contributed by atoms with Crippen LogP contribution in [0.3, 0.4) is 0 Å². The molecule has 2 fully saturated rings. The number of imidazole rings is 1. The minimum absolute atomic E-state index is 0.113. The lowest BCUT2D eigenvalue weighted by Gasteiger charge is -2.16. The molecule has 0 unspecified atom stereocenters. The van der Waals surface area contributed by atoms with Crippen molar-refractivity contribution in [3.8, 4) is 23.0 Å². The zero-order valence-corrected chi connectivity index (χ0v) is 22.5. The third kappa shape index (κ3) is 5.38. The summed E-state index contributed by atoms with van der Waals surface area (Å²) in [5.41, 5.74) is 3.52. The third-order valence-electron chi connectivity index (χ3n) is 7.12. The summed E-state index contributed by atoms with van der Waals surface area (Å²) in [4.78, 5) is 32.2. The number of carbonyl (C=O) groups is 1. The number of fused-ring (bicyclic) bond motifs is 1. The molecule has 202 valence electrons. The summed E-state index contributed by atoms with van der Waals surface area (Å²) >= 11 is 6.75. The zero-order valence-electron chi connectivity index (χ0n) is 21.7. The summed E-state index contributed by atoms with van der Waals surface area (Å²) < 4.78 is 27.3. The summed E-state index contributed by atoms with van der Waals surface area (Å²) in [5, 5.41) is 0.392. The molecular weight excluding hydrogens is 523 g/mol. The van der Waals surface area contributed by atoms with Gasteiger partial charge in [-0.15, -0.1) is 0 Å². The Kier molecular flexibility index (Phi) is 6.58. The number of halogens is 2. The van der Waals surface area contributed by atoms with E-state index >= 15 is 0 Å². The van der Waals surface area contributed by atoms with Gasteiger partial charge in [-0.25, -0.2) is 14.4 Å². The van der Waals surface area contributed by atoms with E-state index in [1.165, 1.54) is 11.2 Å². The fraction of sp³-hybridized carbons (Fsp3) is 0.393. The van der Waals surface area contributed by atoms with Crippen LogP contribution in [0.4, 0.5) is 4.39 Å². The monoisotopic (exact) mass is 550 g/mol. The Hall–Kier alpha value is -3.79. The molecule has 0 spiro atoms. The quantitative estimate of drug-likeness (QED) is 0.311. The number of alkyl halides is 1. The molecule has 1 aliphatic heterocycles. The molecule has 11 heteroatoms. The first-order valence-electron chi connectivity index (χ1n) is 12.9. The third-order valence-corrected chi connectivity index (χ3v) is 7.43. The summed E-state index contributed by atoms with van der Waals surface area (Å²) in [6, 6.07) is 9.14. The number of hydrogen-bond acceptors (Lipinski definition) is 7. The molecule has 4 aromatic rings. The Labute approximate surface area is 230 Å². The number of amides is 1. The number of ether oxygens (including phenoxy) is 2. The van der Waals surface area contributed by atoms with Gasteiger partial charge in [0.2, 0.25) is 5.88 Å². The standard InChI is InChI=1S/C28H28ClFN6O3/c1-17-5-9-31-19(11-17)14-36-25(34-24-26(36)32-16-33-27(24)39-28(2)7-8-28)21-4-3-20(12-22(21)29)38-15-23(37)35-10-6-18(30)13-35/h3-5,9,11-12,16,18H,6-8,10,13-15H2,1-2H3/t18-/m0/s1. The van der Waals surface area contributed by atoms with Crippen molar-refractivity contribution in [1.82, 2.24) is 29.4 Å². The van der Waals surface area contributed by atoms with Crippen LogP contribution in [0.15, 0.2) is 42.9 Å².